The van der Waals surface area contributed by atoms with Crippen LogP contribution < -0.4 is 5.32 Å². The minimum Gasteiger partial charge on any atom is -0.297 e. The van der Waals surface area contributed by atoms with Crippen LogP contribution in [0.1, 0.15) is 13.8 Å². The molecule has 6 unspecified atom stereocenters. The molecule has 0 aliphatic rings. The van der Waals surface area contributed by atoms with Crippen molar-refractivity contribution in [2.75, 3.05) is 0 Å². The Balaban J connectivity index is 0. The lowest BCUT2D eigenvalue weighted by Crippen LogP contribution is -2.24. The van der Waals surface area contributed by atoms with Crippen molar-refractivity contribution < 1.29 is 9.59 Å². The summed E-state index contributed by atoms with van der Waals surface area (Å²) in [6, 6.07) is 0. The molecular formula is C4H16NO2P7. The quantitative estimate of drug-likeness (QED) is 0.791. The van der Waals surface area contributed by atoms with Crippen LogP contribution in [0.15, 0.2) is 0 Å². The van der Waals surface area contributed by atoms with E-state index in [1.54, 1.807) is 0 Å². The third-order valence-corrected chi connectivity index (χ3v) is 31.2. The van der Waals surface area contributed by atoms with Crippen LogP contribution in [0.5, 0.6) is 0 Å². The Bertz CT molecular complexity index is 175. The number of carbonyl (C=O) groups excluding carboxylic acids is 2. The van der Waals surface area contributed by atoms with Gasteiger partial charge >= 0.3 is 0 Å². The van der Waals surface area contributed by atoms with Crippen molar-refractivity contribution in [3.8, 4) is 0 Å². The van der Waals surface area contributed by atoms with E-state index in [1.165, 1.54) is 13.8 Å². The van der Waals surface area contributed by atoms with Gasteiger partial charge in [0.15, 0.2) is 0 Å². The van der Waals surface area contributed by atoms with Crippen molar-refractivity contribution in [2.24, 2.45) is 0 Å². The molecule has 0 rings (SSSR count). The summed E-state index contributed by atoms with van der Waals surface area (Å²) in [5, 5.41) is 2.03. The third kappa shape index (κ3) is 16.6. The SMILES string of the molecule is CC(=O)NC(C)=O.PPP(P)P(P)P. The van der Waals surface area contributed by atoms with E-state index in [-0.39, 0.29) is 25.8 Å². The van der Waals surface area contributed by atoms with Crippen LogP contribution in [-0.4, -0.2) is 11.8 Å². The van der Waals surface area contributed by atoms with E-state index in [0.717, 1.165) is 7.96 Å². The number of hydrogen-bond donors (Lipinski definition) is 1. The Hall–Kier alpha value is 2.15. The molecule has 0 fully saturated rings. The predicted molar refractivity (Wildman–Crippen MR) is 85.5 cm³/mol. The molecule has 14 heavy (non-hydrogen) atoms. The molecule has 10 heteroatoms. The van der Waals surface area contributed by atoms with Gasteiger partial charge in [0.05, 0.1) is 0 Å². The average molecular weight is 327 g/mol. The van der Waals surface area contributed by atoms with Gasteiger partial charge in [0.2, 0.25) is 11.8 Å². The van der Waals surface area contributed by atoms with Crippen LogP contribution in [0.3, 0.4) is 0 Å². The van der Waals surface area contributed by atoms with Crippen molar-refractivity contribution in [2.45, 2.75) is 13.8 Å². The van der Waals surface area contributed by atoms with E-state index in [0.29, 0.717) is 0 Å². The lowest BCUT2D eigenvalue weighted by molar-refractivity contribution is -0.127. The Kier molecular flexibility index (Phi) is 15.4. The summed E-state index contributed by atoms with van der Waals surface area (Å²) in [4.78, 5) is 19.8. The molecule has 0 aliphatic heterocycles. The topological polar surface area (TPSA) is 46.2 Å². The highest BCUT2D eigenvalue weighted by atomic mass is 33.0. The van der Waals surface area contributed by atoms with Gasteiger partial charge in [-0.1, -0.05) is 7.96 Å². The van der Waals surface area contributed by atoms with Crippen LogP contribution >= 0.6 is 57.6 Å². The van der Waals surface area contributed by atoms with Gasteiger partial charge in [0.25, 0.3) is 0 Å². The van der Waals surface area contributed by atoms with Gasteiger partial charge < -0.3 is 0 Å². The van der Waals surface area contributed by atoms with Crippen LogP contribution in [0, 0.1) is 0 Å². The lowest BCUT2D eigenvalue weighted by atomic mass is 10.6. The zero-order valence-corrected chi connectivity index (χ0v) is 15.4. The molecule has 1 N–H and O–H groups in total. The second kappa shape index (κ2) is 11.6. The molecule has 84 valence electrons. The van der Waals surface area contributed by atoms with E-state index >= 15 is 0 Å². The van der Waals surface area contributed by atoms with E-state index in [4.69, 9.17) is 0 Å². The molecule has 2 amide bonds. The number of amides is 2. The van der Waals surface area contributed by atoms with E-state index in [1.807, 2.05) is 5.32 Å². The second-order valence-corrected chi connectivity index (χ2v) is 24.3. The maximum atomic E-state index is 9.92. The Labute approximate surface area is 98.3 Å². The van der Waals surface area contributed by atoms with Crippen molar-refractivity contribution in [1.82, 2.24) is 5.32 Å². The first-order chi connectivity index (χ1) is 6.31. The van der Waals surface area contributed by atoms with Crippen LogP contribution in [0.25, 0.3) is 0 Å². The summed E-state index contributed by atoms with van der Waals surface area (Å²) < 4.78 is 0. The van der Waals surface area contributed by atoms with E-state index < -0.39 is 0 Å². The summed E-state index contributed by atoms with van der Waals surface area (Å²) in [5.41, 5.74) is 0. The minimum atomic E-state index is -0.312. The molecule has 0 saturated heterocycles. The summed E-state index contributed by atoms with van der Waals surface area (Å²) in [6.07, 6.45) is 0. The highest BCUT2D eigenvalue weighted by Crippen LogP contribution is 2.92. The number of imide groups is 1. The summed E-state index contributed by atoms with van der Waals surface area (Å²) in [6.45, 7) is 3.04. The summed E-state index contributed by atoms with van der Waals surface area (Å²) in [5.74, 6) is -0.625. The normalized spacial score (nSPS) is 12.2. The van der Waals surface area contributed by atoms with Gasteiger partial charge in [-0.15, -0.1) is 35.7 Å². The predicted octanol–water partition coefficient (Wildman–Crippen LogP) is 3.29. The van der Waals surface area contributed by atoms with Crippen molar-refractivity contribution in [3.05, 3.63) is 0 Å². The zero-order chi connectivity index (χ0) is 11.7. The average Bonchev–Trinajstić information content (AvgIpc) is 2.01. The highest BCUT2D eigenvalue weighted by Gasteiger charge is 2.00. The molecule has 0 aliphatic carbocycles. The van der Waals surface area contributed by atoms with E-state index in [9.17, 15) is 9.59 Å². The van der Waals surface area contributed by atoms with Gasteiger partial charge in [-0.2, -0.15) is 0 Å². The Morgan fingerprint density at radius 3 is 1.50 bits per heavy atom. The molecule has 0 saturated carbocycles. The molecule has 0 bridgehead atoms. The van der Waals surface area contributed by atoms with E-state index in [2.05, 4.69) is 35.7 Å². The molecular weight excluding hydrogens is 311 g/mol. The fourth-order valence-electron chi connectivity index (χ4n) is 0.315. The molecule has 0 aromatic rings. The van der Waals surface area contributed by atoms with Crippen molar-refractivity contribution >= 4 is 69.5 Å². The van der Waals surface area contributed by atoms with Crippen LogP contribution in [-0.2, 0) is 9.59 Å². The molecule has 0 radical (unpaired) electrons. The Morgan fingerprint density at radius 2 is 1.50 bits per heavy atom. The molecule has 6 atom stereocenters. The zero-order valence-electron chi connectivity index (χ0n) is 8.02. The number of hydrogen-bond acceptors (Lipinski definition) is 2. The molecule has 0 aromatic carbocycles. The van der Waals surface area contributed by atoms with Crippen molar-refractivity contribution in [3.63, 3.8) is 0 Å². The maximum absolute atomic E-state index is 9.92. The monoisotopic (exact) mass is 327 g/mol. The lowest BCUT2D eigenvalue weighted by Gasteiger charge is -2.11. The number of nitrogens with one attached hydrogen (secondary N) is 1. The smallest absolute Gasteiger partial charge is 0.223 e. The van der Waals surface area contributed by atoms with Gasteiger partial charge in [0, 0.05) is 13.8 Å². The minimum absolute atomic E-state index is 0.191. The summed E-state index contributed by atoms with van der Waals surface area (Å²) in [7, 11) is 12.4. The van der Waals surface area contributed by atoms with Crippen molar-refractivity contribution in [1.29, 1.82) is 0 Å². The Morgan fingerprint density at radius 1 is 1.14 bits per heavy atom. The number of carbonyl (C=O) groups is 2. The van der Waals surface area contributed by atoms with Crippen LogP contribution in [0.2, 0.25) is 0 Å². The molecule has 0 heterocycles. The summed E-state index contributed by atoms with van der Waals surface area (Å²) >= 11 is 0. The third-order valence-electron chi connectivity index (χ3n) is 0.733. The van der Waals surface area contributed by atoms with Gasteiger partial charge in [-0.25, -0.2) is 0 Å². The highest BCUT2D eigenvalue weighted by molar-refractivity contribution is 8.98. The standard InChI is InChI=1S/C4H7NO2.H9P7/c1-3(6)5-4(2)7;1-5-7(4)6(2)3/h1-2H3,(H,5,6,7);5H,1-4H2. The fraction of sp³-hybridized carbons (Fsp3) is 0.500. The first-order valence-corrected chi connectivity index (χ1v) is 15.3. The van der Waals surface area contributed by atoms with Crippen LogP contribution in [0.4, 0.5) is 0 Å². The molecule has 3 nitrogen and oxygen atoms in total. The molecule has 0 aromatic heterocycles. The van der Waals surface area contributed by atoms with Gasteiger partial charge in [-0.05, 0) is 14.0 Å². The van der Waals surface area contributed by atoms with Gasteiger partial charge in [-0.3, -0.25) is 14.9 Å². The maximum Gasteiger partial charge on any atom is 0.223 e. The first kappa shape index (κ1) is 18.5. The fourth-order valence-corrected chi connectivity index (χ4v) is 16.4. The largest absolute Gasteiger partial charge is 0.297 e. The molecule has 0 spiro atoms. The number of rotatable bonds is 2. The van der Waals surface area contributed by atoms with Gasteiger partial charge in [0.1, 0.15) is 0 Å². The first-order valence-electron chi connectivity index (χ1n) is 3.40. The second-order valence-electron chi connectivity index (χ2n) is 2.09.